The summed E-state index contributed by atoms with van der Waals surface area (Å²) >= 11 is 0. The molecule has 0 aromatic heterocycles. The first-order valence-corrected chi connectivity index (χ1v) is 5.76. The first kappa shape index (κ1) is 13.6. The van der Waals surface area contributed by atoms with E-state index in [4.69, 9.17) is 9.84 Å². The molecule has 3 heteroatoms. The van der Waals surface area contributed by atoms with Gasteiger partial charge in [-0.2, -0.15) is 0 Å². The minimum atomic E-state index is -0.846. The SMILES string of the molecule is C=C1C=C(OCCC(=O)O)C(C(C)(C)C)=CC1. The molecule has 0 radical (unpaired) electrons. The molecule has 1 rings (SSSR count). The summed E-state index contributed by atoms with van der Waals surface area (Å²) in [7, 11) is 0. The highest BCUT2D eigenvalue weighted by Crippen LogP contribution is 2.35. The molecule has 0 aromatic carbocycles. The molecule has 0 atom stereocenters. The zero-order chi connectivity index (χ0) is 13.1. The monoisotopic (exact) mass is 236 g/mol. The molecule has 0 saturated carbocycles. The van der Waals surface area contributed by atoms with E-state index in [1.807, 2.05) is 6.08 Å². The second-order valence-electron chi connectivity index (χ2n) is 5.23. The minimum absolute atomic E-state index is 0.00421. The number of allylic oxidation sites excluding steroid dienone is 4. The molecular weight excluding hydrogens is 216 g/mol. The number of carbonyl (C=O) groups is 1. The number of carboxylic acids is 1. The van der Waals surface area contributed by atoms with Gasteiger partial charge < -0.3 is 9.84 Å². The van der Waals surface area contributed by atoms with Crippen LogP contribution in [0, 0.1) is 5.41 Å². The van der Waals surface area contributed by atoms with E-state index >= 15 is 0 Å². The van der Waals surface area contributed by atoms with Crippen LogP contribution in [0.1, 0.15) is 33.6 Å². The van der Waals surface area contributed by atoms with Crippen molar-refractivity contribution in [1.29, 1.82) is 0 Å². The maximum atomic E-state index is 10.5. The largest absolute Gasteiger partial charge is 0.493 e. The van der Waals surface area contributed by atoms with Crippen LogP contribution in [0.4, 0.5) is 0 Å². The normalized spacial score (nSPS) is 16.3. The lowest BCUT2D eigenvalue weighted by Crippen LogP contribution is -2.16. The van der Waals surface area contributed by atoms with Crippen molar-refractivity contribution in [3.8, 4) is 0 Å². The Morgan fingerprint density at radius 2 is 2.18 bits per heavy atom. The number of hydrogen-bond acceptors (Lipinski definition) is 2. The summed E-state index contributed by atoms with van der Waals surface area (Å²) in [4.78, 5) is 10.5. The summed E-state index contributed by atoms with van der Waals surface area (Å²) in [5.41, 5.74) is 2.11. The van der Waals surface area contributed by atoms with E-state index in [2.05, 4.69) is 33.4 Å². The fourth-order valence-electron chi connectivity index (χ4n) is 1.70. The zero-order valence-electron chi connectivity index (χ0n) is 10.7. The first-order valence-electron chi connectivity index (χ1n) is 5.76. The van der Waals surface area contributed by atoms with Crippen molar-refractivity contribution in [2.45, 2.75) is 33.6 Å². The summed E-state index contributed by atoms with van der Waals surface area (Å²) in [6.07, 6.45) is 4.86. The lowest BCUT2D eigenvalue weighted by molar-refractivity contribution is -0.137. The van der Waals surface area contributed by atoms with Crippen molar-refractivity contribution < 1.29 is 14.6 Å². The number of carboxylic acid groups (broad SMARTS) is 1. The Hall–Kier alpha value is -1.51. The van der Waals surface area contributed by atoms with E-state index in [0.717, 1.165) is 23.3 Å². The number of ether oxygens (including phenoxy) is 1. The third kappa shape index (κ3) is 4.10. The van der Waals surface area contributed by atoms with E-state index in [0.29, 0.717) is 0 Å². The fourth-order valence-corrected chi connectivity index (χ4v) is 1.70. The van der Waals surface area contributed by atoms with Crippen molar-refractivity contribution >= 4 is 5.97 Å². The highest BCUT2D eigenvalue weighted by molar-refractivity contribution is 5.66. The Bertz CT molecular complexity index is 381. The minimum Gasteiger partial charge on any atom is -0.493 e. The van der Waals surface area contributed by atoms with E-state index in [9.17, 15) is 4.79 Å². The highest BCUT2D eigenvalue weighted by atomic mass is 16.5. The van der Waals surface area contributed by atoms with Gasteiger partial charge in [0.15, 0.2) is 0 Å². The van der Waals surface area contributed by atoms with Crippen LogP contribution in [0.25, 0.3) is 0 Å². The molecule has 1 aliphatic rings. The van der Waals surface area contributed by atoms with Crippen LogP contribution in [0.3, 0.4) is 0 Å². The fraction of sp³-hybridized carbons (Fsp3) is 0.500. The van der Waals surface area contributed by atoms with Crippen molar-refractivity contribution in [1.82, 2.24) is 0 Å². The van der Waals surface area contributed by atoms with Crippen LogP contribution in [-0.2, 0) is 9.53 Å². The zero-order valence-corrected chi connectivity index (χ0v) is 10.7. The second-order valence-corrected chi connectivity index (χ2v) is 5.23. The van der Waals surface area contributed by atoms with Crippen molar-refractivity contribution in [3.63, 3.8) is 0 Å². The van der Waals surface area contributed by atoms with Gasteiger partial charge in [-0.3, -0.25) is 4.79 Å². The van der Waals surface area contributed by atoms with Crippen LogP contribution in [0.15, 0.2) is 35.6 Å². The molecule has 0 bridgehead atoms. The summed E-state index contributed by atoms with van der Waals surface area (Å²) < 4.78 is 5.55. The molecule has 94 valence electrons. The summed E-state index contributed by atoms with van der Waals surface area (Å²) in [5, 5.41) is 8.59. The Labute approximate surface area is 102 Å². The van der Waals surface area contributed by atoms with E-state index in [1.165, 1.54) is 0 Å². The second kappa shape index (κ2) is 5.21. The van der Waals surface area contributed by atoms with E-state index in [-0.39, 0.29) is 18.4 Å². The van der Waals surface area contributed by atoms with E-state index < -0.39 is 5.97 Å². The predicted octanol–water partition coefficient (Wildman–Crippen LogP) is 3.29. The molecule has 0 aromatic rings. The van der Waals surface area contributed by atoms with E-state index in [1.54, 1.807) is 0 Å². The van der Waals surface area contributed by atoms with Crippen LogP contribution in [0.2, 0.25) is 0 Å². The van der Waals surface area contributed by atoms with Gasteiger partial charge in [0.05, 0.1) is 13.0 Å². The topological polar surface area (TPSA) is 46.5 Å². The summed E-state index contributed by atoms with van der Waals surface area (Å²) in [5.74, 6) is -0.0866. The van der Waals surface area contributed by atoms with Gasteiger partial charge in [0.2, 0.25) is 0 Å². The highest BCUT2D eigenvalue weighted by Gasteiger charge is 2.24. The standard InChI is InChI=1S/C14H20O3/c1-10-5-6-11(14(2,3)4)12(9-10)17-8-7-13(15)16/h6,9H,1,5,7-8H2,2-4H3,(H,15,16). The third-order valence-corrected chi connectivity index (χ3v) is 2.55. The molecule has 1 N–H and O–H groups in total. The Morgan fingerprint density at radius 1 is 1.53 bits per heavy atom. The Kier molecular flexibility index (Phi) is 4.16. The smallest absolute Gasteiger partial charge is 0.306 e. The van der Waals surface area contributed by atoms with Crippen molar-refractivity contribution in [2.24, 2.45) is 5.41 Å². The van der Waals surface area contributed by atoms with Gasteiger partial charge in [-0.15, -0.1) is 0 Å². The third-order valence-electron chi connectivity index (χ3n) is 2.55. The van der Waals surface area contributed by atoms with Gasteiger partial charge in [-0.05, 0) is 29.1 Å². The van der Waals surface area contributed by atoms with Crippen LogP contribution in [-0.4, -0.2) is 17.7 Å². The average molecular weight is 236 g/mol. The molecule has 17 heavy (non-hydrogen) atoms. The molecule has 0 aliphatic heterocycles. The quantitative estimate of drug-likeness (QED) is 0.814. The van der Waals surface area contributed by atoms with Gasteiger partial charge in [0.1, 0.15) is 5.76 Å². The van der Waals surface area contributed by atoms with Crippen LogP contribution >= 0.6 is 0 Å². The number of hydrogen-bond donors (Lipinski definition) is 1. The summed E-state index contributed by atoms with van der Waals surface area (Å²) in [6, 6.07) is 0. The van der Waals surface area contributed by atoms with Crippen molar-refractivity contribution in [3.05, 3.63) is 35.6 Å². The molecule has 0 unspecified atom stereocenters. The lowest BCUT2D eigenvalue weighted by Gasteiger charge is -2.28. The summed E-state index contributed by atoms with van der Waals surface area (Å²) in [6.45, 7) is 10.4. The average Bonchev–Trinajstić information content (AvgIpc) is 2.15. The molecule has 3 nitrogen and oxygen atoms in total. The molecule has 1 aliphatic carbocycles. The van der Waals surface area contributed by atoms with Gasteiger partial charge in [-0.25, -0.2) is 0 Å². The van der Waals surface area contributed by atoms with Gasteiger partial charge in [-0.1, -0.05) is 33.4 Å². The Balaban J connectivity index is 2.74. The molecule has 0 fully saturated rings. The van der Waals surface area contributed by atoms with Crippen molar-refractivity contribution in [2.75, 3.05) is 6.61 Å². The molecule has 0 amide bonds. The van der Waals surface area contributed by atoms with Gasteiger partial charge in [0, 0.05) is 0 Å². The maximum absolute atomic E-state index is 10.5. The Morgan fingerprint density at radius 3 is 2.71 bits per heavy atom. The molecular formula is C14H20O3. The van der Waals surface area contributed by atoms with Gasteiger partial charge >= 0.3 is 5.97 Å². The number of aliphatic carboxylic acids is 1. The predicted molar refractivity (Wildman–Crippen MR) is 67.6 cm³/mol. The number of rotatable bonds is 4. The first-order chi connectivity index (χ1) is 7.80. The van der Waals surface area contributed by atoms with Gasteiger partial charge in [0.25, 0.3) is 0 Å². The van der Waals surface area contributed by atoms with Crippen LogP contribution < -0.4 is 0 Å². The molecule has 0 spiro atoms. The molecule has 0 saturated heterocycles. The maximum Gasteiger partial charge on any atom is 0.306 e. The van der Waals surface area contributed by atoms with Crippen LogP contribution in [0.5, 0.6) is 0 Å². The molecule has 0 heterocycles. The lowest BCUT2D eigenvalue weighted by atomic mass is 9.82.